The lowest BCUT2D eigenvalue weighted by atomic mass is 10.0. The molecule has 0 aliphatic heterocycles. The Labute approximate surface area is 196 Å². The second kappa shape index (κ2) is 9.72. The largest absolute Gasteiger partial charge is 0.497 e. The van der Waals surface area contributed by atoms with Crippen LogP contribution in [-0.4, -0.2) is 29.0 Å². The van der Waals surface area contributed by atoms with Gasteiger partial charge in [-0.2, -0.15) is 0 Å². The first-order chi connectivity index (χ1) is 16.4. The van der Waals surface area contributed by atoms with E-state index in [1.54, 1.807) is 38.4 Å². The molecule has 0 unspecified atom stereocenters. The summed E-state index contributed by atoms with van der Waals surface area (Å²) in [5.74, 6) is -0.770. The Kier molecular flexibility index (Phi) is 6.55. The van der Waals surface area contributed by atoms with Crippen LogP contribution in [0, 0.1) is 5.82 Å². The van der Waals surface area contributed by atoms with Crippen molar-refractivity contribution in [2.75, 3.05) is 17.7 Å². The minimum absolute atomic E-state index is 0.0620. The van der Waals surface area contributed by atoms with Gasteiger partial charge in [0.05, 0.1) is 24.2 Å². The SMILES string of the molecule is COc1ccc([C@@H](Nc2nc(Nc3ccc4ncccc4c3)c(C(N)=O)cc2F)[C@H](C)N)cc1. The number of halogens is 1. The quantitative estimate of drug-likeness (QED) is 0.311. The van der Waals surface area contributed by atoms with E-state index in [0.717, 1.165) is 22.5 Å². The van der Waals surface area contributed by atoms with Crippen LogP contribution in [0.15, 0.2) is 66.9 Å². The van der Waals surface area contributed by atoms with Crippen LogP contribution in [0.4, 0.5) is 21.7 Å². The Bertz CT molecular complexity index is 1330. The van der Waals surface area contributed by atoms with Crippen LogP contribution in [0.3, 0.4) is 0 Å². The molecule has 0 radical (unpaired) electrons. The number of methoxy groups -OCH3 is 1. The highest BCUT2D eigenvalue weighted by Crippen LogP contribution is 2.29. The summed E-state index contributed by atoms with van der Waals surface area (Å²) in [4.78, 5) is 20.7. The summed E-state index contributed by atoms with van der Waals surface area (Å²) in [5, 5.41) is 7.04. The molecule has 0 aliphatic carbocycles. The number of hydrogen-bond acceptors (Lipinski definition) is 7. The number of benzene rings is 2. The van der Waals surface area contributed by atoms with Crippen molar-refractivity contribution < 1.29 is 13.9 Å². The molecule has 4 rings (SSSR count). The number of amides is 1. The van der Waals surface area contributed by atoms with Crippen LogP contribution in [0.1, 0.15) is 28.9 Å². The van der Waals surface area contributed by atoms with Gasteiger partial charge in [0.15, 0.2) is 11.6 Å². The van der Waals surface area contributed by atoms with E-state index in [-0.39, 0.29) is 23.2 Å². The molecule has 0 aliphatic rings. The van der Waals surface area contributed by atoms with Crippen molar-refractivity contribution in [3.05, 3.63) is 83.8 Å². The monoisotopic (exact) mass is 460 g/mol. The fraction of sp³-hybridized carbons (Fsp3) is 0.160. The lowest BCUT2D eigenvalue weighted by Gasteiger charge is -2.24. The molecule has 6 N–H and O–H groups in total. The lowest BCUT2D eigenvalue weighted by molar-refractivity contribution is 0.100. The minimum Gasteiger partial charge on any atom is -0.497 e. The van der Waals surface area contributed by atoms with Crippen molar-refractivity contribution in [1.29, 1.82) is 0 Å². The van der Waals surface area contributed by atoms with E-state index in [9.17, 15) is 9.18 Å². The van der Waals surface area contributed by atoms with Gasteiger partial charge in [-0.05, 0) is 55.0 Å². The third-order valence-corrected chi connectivity index (χ3v) is 5.40. The summed E-state index contributed by atoms with van der Waals surface area (Å²) in [6.45, 7) is 1.81. The van der Waals surface area contributed by atoms with Gasteiger partial charge in [-0.25, -0.2) is 9.37 Å². The Morgan fingerprint density at radius 1 is 1.09 bits per heavy atom. The van der Waals surface area contributed by atoms with Gasteiger partial charge in [-0.15, -0.1) is 0 Å². The van der Waals surface area contributed by atoms with Crippen molar-refractivity contribution in [1.82, 2.24) is 9.97 Å². The molecule has 0 bridgehead atoms. The second-order valence-corrected chi connectivity index (χ2v) is 7.87. The number of aromatic nitrogens is 2. The molecule has 2 atom stereocenters. The van der Waals surface area contributed by atoms with Gasteiger partial charge >= 0.3 is 0 Å². The highest BCUT2D eigenvalue weighted by atomic mass is 19.1. The number of anilines is 3. The fourth-order valence-electron chi connectivity index (χ4n) is 3.64. The van der Waals surface area contributed by atoms with Crippen LogP contribution in [-0.2, 0) is 0 Å². The number of nitrogens with one attached hydrogen (secondary N) is 2. The molecule has 174 valence electrons. The molecule has 2 heterocycles. The third kappa shape index (κ3) is 4.89. The highest BCUT2D eigenvalue weighted by molar-refractivity contribution is 5.99. The van der Waals surface area contributed by atoms with Gasteiger partial charge in [-0.3, -0.25) is 9.78 Å². The van der Waals surface area contributed by atoms with Crippen molar-refractivity contribution in [2.45, 2.75) is 19.0 Å². The van der Waals surface area contributed by atoms with Crippen molar-refractivity contribution in [3.63, 3.8) is 0 Å². The third-order valence-electron chi connectivity index (χ3n) is 5.40. The Morgan fingerprint density at radius 2 is 1.85 bits per heavy atom. The van der Waals surface area contributed by atoms with Crippen LogP contribution >= 0.6 is 0 Å². The summed E-state index contributed by atoms with van der Waals surface area (Å²) in [6.07, 6.45) is 1.71. The molecule has 0 saturated heterocycles. The molecular weight excluding hydrogens is 435 g/mol. The van der Waals surface area contributed by atoms with E-state index in [0.29, 0.717) is 11.4 Å². The van der Waals surface area contributed by atoms with E-state index in [1.807, 2.05) is 36.4 Å². The van der Waals surface area contributed by atoms with Gasteiger partial charge in [0.1, 0.15) is 11.6 Å². The smallest absolute Gasteiger partial charge is 0.252 e. The Balaban J connectivity index is 1.69. The van der Waals surface area contributed by atoms with E-state index in [1.165, 1.54) is 0 Å². The minimum atomic E-state index is -0.804. The summed E-state index contributed by atoms with van der Waals surface area (Å²) >= 11 is 0. The topological polar surface area (TPSA) is 128 Å². The highest BCUT2D eigenvalue weighted by Gasteiger charge is 2.22. The number of nitrogens with zero attached hydrogens (tertiary/aromatic N) is 2. The number of ether oxygens (including phenoxy) is 1. The van der Waals surface area contributed by atoms with Gasteiger partial charge in [0.2, 0.25) is 0 Å². The van der Waals surface area contributed by atoms with Crippen molar-refractivity contribution >= 4 is 34.1 Å². The average molecular weight is 461 g/mol. The standard InChI is InChI=1S/C25H25FN6O2/c1-14(27)22(15-5-8-18(34-2)9-6-15)31-25-20(26)13-19(23(28)33)24(32-25)30-17-7-10-21-16(12-17)4-3-11-29-21/h3-14,22H,27H2,1-2H3,(H2,28,33)(H2,30,31,32)/t14-,22-/m0/s1. The molecule has 2 aromatic heterocycles. The zero-order valence-electron chi connectivity index (χ0n) is 18.7. The summed E-state index contributed by atoms with van der Waals surface area (Å²) < 4.78 is 20.2. The zero-order chi connectivity index (χ0) is 24.2. The molecule has 0 spiro atoms. The van der Waals surface area contributed by atoms with Crippen molar-refractivity contribution in [3.8, 4) is 5.75 Å². The fourth-order valence-corrected chi connectivity index (χ4v) is 3.64. The zero-order valence-corrected chi connectivity index (χ0v) is 18.7. The van der Waals surface area contributed by atoms with Crippen LogP contribution in [0.25, 0.3) is 10.9 Å². The molecular formula is C25H25FN6O2. The maximum Gasteiger partial charge on any atom is 0.252 e. The molecule has 8 nitrogen and oxygen atoms in total. The number of pyridine rings is 2. The van der Waals surface area contributed by atoms with Gasteiger partial charge < -0.3 is 26.8 Å². The molecule has 2 aromatic carbocycles. The average Bonchev–Trinajstić information content (AvgIpc) is 2.83. The molecule has 9 heteroatoms. The first-order valence-electron chi connectivity index (χ1n) is 10.6. The second-order valence-electron chi connectivity index (χ2n) is 7.87. The number of carbonyl (C=O) groups is 1. The van der Waals surface area contributed by atoms with Crippen LogP contribution in [0.2, 0.25) is 0 Å². The number of nitrogens with two attached hydrogens (primary N) is 2. The lowest BCUT2D eigenvalue weighted by Crippen LogP contribution is -2.31. The molecule has 1 amide bonds. The van der Waals surface area contributed by atoms with Gasteiger partial charge in [0.25, 0.3) is 5.91 Å². The van der Waals surface area contributed by atoms with Crippen LogP contribution in [0.5, 0.6) is 5.75 Å². The predicted molar refractivity (Wildman–Crippen MR) is 131 cm³/mol. The Hall–Kier alpha value is -4.24. The predicted octanol–water partition coefficient (Wildman–Crippen LogP) is 4.12. The number of primary amides is 1. The molecule has 4 aromatic rings. The summed E-state index contributed by atoms with van der Waals surface area (Å²) in [6, 6.07) is 16.7. The maximum atomic E-state index is 15.0. The maximum absolute atomic E-state index is 15.0. The molecule has 0 fully saturated rings. The van der Waals surface area contributed by atoms with E-state index < -0.39 is 17.8 Å². The molecule has 34 heavy (non-hydrogen) atoms. The number of fused-ring (bicyclic) bond motifs is 1. The summed E-state index contributed by atoms with van der Waals surface area (Å²) in [7, 11) is 1.58. The first kappa shape index (κ1) is 22.9. The van der Waals surface area contributed by atoms with E-state index >= 15 is 0 Å². The molecule has 0 saturated carbocycles. The van der Waals surface area contributed by atoms with Crippen LogP contribution < -0.4 is 26.8 Å². The van der Waals surface area contributed by atoms with E-state index in [4.69, 9.17) is 16.2 Å². The number of rotatable bonds is 8. The Morgan fingerprint density at radius 3 is 2.53 bits per heavy atom. The first-order valence-corrected chi connectivity index (χ1v) is 10.6. The number of hydrogen-bond donors (Lipinski definition) is 4. The van der Waals surface area contributed by atoms with Crippen molar-refractivity contribution in [2.24, 2.45) is 11.5 Å². The van der Waals surface area contributed by atoms with Gasteiger partial charge in [-0.1, -0.05) is 18.2 Å². The summed E-state index contributed by atoms with van der Waals surface area (Å²) in [5.41, 5.74) is 13.9. The normalized spacial score (nSPS) is 12.7. The number of carbonyl (C=O) groups excluding carboxylic acids is 1. The van der Waals surface area contributed by atoms with E-state index in [2.05, 4.69) is 20.6 Å². The van der Waals surface area contributed by atoms with Gasteiger partial charge in [0, 0.05) is 23.3 Å².